The molecule has 194 valence electrons. The number of rotatable bonds is 12. The van der Waals surface area contributed by atoms with Crippen LogP contribution in [0.1, 0.15) is 51.0 Å². The fraction of sp³-hybridized carbons (Fsp3) is 0.517. The molecule has 7 heteroatoms. The van der Waals surface area contributed by atoms with Crippen molar-refractivity contribution in [2.45, 2.75) is 58.0 Å². The molecule has 1 aliphatic carbocycles. The highest BCUT2D eigenvalue weighted by Crippen LogP contribution is 2.30. The van der Waals surface area contributed by atoms with Crippen LogP contribution < -0.4 is 25.0 Å². The van der Waals surface area contributed by atoms with Gasteiger partial charge in [-0.2, -0.15) is 4.98 Å². The van der Waals surface area contributed by atoms with Gasteiger partial charge < -0.3 is 25.0 Å². The summed E-state index contributed by atoms with van der Waals surface area (Å²) < 4.78 is 11.3. The number of benzene rings is 2. The number of hydrogen-bond donors (Lipinski definition) is 2. The Morgan fingerprint density at radius 1 is 1.03 bits per heavy atom. The summed E-state index contributed by atoms with van der Waals surface area (Å²) in [4.78, 5) is 11.6. The molecule has 0 radical (unpaired) electrons. The van der Waals surface area contributed by atoms with E-state index >= 15 is 0 Å². The van der Waals surface area contributed by atoms with Gasteiger partial charge in [-0.1, -0.05) is 25.1 Å². The largest absolute Gasteiger partial charge is 0.496 e. The van der Waals surface area contributed by atoms with E-state index in [0.717, 1.165) is 79.0 Å². The average Bonchev–Trinajstić information content (AvgIpc) is 2.90. The molecule has 0 aliphatic heterocycles. The smallest absolute Gasteiger partial charge is 0.225 e. The van der Waals surface area contributed by atoms with E-state index in [9.17, 15) is 0 Å². The van der Waals surface area contributed by atoms with Gasteiger partial charge in [-0.05, 0) is 69.2 Å². The summed E-state index contributed by atoms with van der Waals surface area (Å²) in [6.07, 6.45) is 6.99. The van der Waals surface area contributed by atoms with Crippen molar-refractivity contribution in [3.63, 3.8) is 0 Å². The third-order valence-electron chi connectivity index (χ3n) is 6.96. The van der Waals surface area contributed by atoms with Crippen molar-refractivity contribution in [1.29, 1.82) is 0 Å². The Balaban J connectivity index is 1.22. The molecule has 0 unspecified atom stereocenters. The fourth-order valence-electron chi connectivity index (χ4n) is 4.95. The maximum Gasteiger partial charge on any atom is 0.225 e. The van der Waals surface area contributed by atoms with Crippen LogP contribution in [0.15, 0.2) is 42.5 Å². The third-order valence-corrected chi connectivity index (χ3v) is 6.96. The van der Waals surface area contributed by atoms with Gasteiger partial charge >= 0.3 is 0 Å². The predicted octanol–water partition coefficient (Wildman–Crippen LogP) is 5.64. The van der Waals surface area contributed by atoms with E-state index in [1.54, 1.807) is 7.11 Å². The van der Waals surface area contributed by atoms with E-state index < -0.39 is 0 Å². The number of fused-ring (bicyclic) bond motifs is 1. The molecular formula is C29H41N5O2. The van der Waals surface area contributed by atoms with Crippen LogP contribution in [0.5, 0.6) is 11.5 Å². The monoisotopic (exact) mass is 491 g/mol. The lowest BCUT2D eigenvalue weighted by Crippen LogP contribution is -2.28. The Hall–Kier alpha value is -3.06. The van der Waals surface area contributed by atoms with Crippen LogP contribution in [0.3, 0.4) is 0 Å². The lowest BCUT2D eigenvalue weighted by molar-refractivity contribution is 0.313. The lowest BCUT2D eigenvalue weighted by atomic mass is 9.84. The predicted molar refractivity (Wildman–Crippen MR) is 148 cm³/mol. The molecule has 0 amide bonds. The zero-order chi connectivity index (χ0) is 25.3. The molecule has 0 bridgehead atoms. The maximum absolute atomic E-state index is 5.72. The highest BCUT2D eigenvalue weighted by Gasteiger charge is 2.22. The van der Waals surface area contributed by atoms with Crippen molar-refractivity contribution in [2.75, 3.05) is 44.6 Å². The third kappa shape index (κ3) is 6.78. The van der Waals surface area contributed by atoms with Crippen molar-refractivity contribution in [3.8, 4) is 11.5 Å². The summed E-state index contributed by atoms with van der Waals surface area (Å²) >= 11 is 0. The molecule has 0 atom stereocenters. The lowest BCUT2D eigenvalue weighted by Gasteiger charge is -2.29. The number of anilines is 2. The molecule has 1 aliphatic rings. The molecule has 0 saturated heterocycles. The minimum Gasteiger partial charge on any atom is -0.496 e. The molecule has 0 spiro atoms. The first kappa shape index (κ1) is 26.0. The average molecular weight is 492 g/mol. The van der Waals surface area contributed by atoms with Crippen LogP contribution >= 0.6 is 0 Å². The van der Waals surface area contributed by atoms with E-state index in [0.29, 0.717) is 6.04 Å². The van der Waals surface area contributed by atoms with Gasteiger partial charge in [-0.3, -0.25) is 0 Å². The van der Waals surface area contributed by atoms with Crippen LogP contribution in [0.25, 0.3) is 10.9 Å². The molecule has 3 aromatic rings. The molecule has 2 aromatic carbocycles. The molecule has 36 heavy (non-hydrogen) atoms. The van der Waals surface area contributed by atoms with Crippen molar-refractivity contribution >= 4 is 22.7 Å². The minimum absolute atomic E-state index is 0.433. The molecular weight excluding hydrogens is 450 g/mol. The van der Waals surface area contributed by atoms with Gasteiger partial charge in [-0.15, -0.1) is 0 Å². The highest BCUT2D eigenvalue weighted by atomic mass is 16.5. The highest BCUT2D eigenvalue weighted by molar-refractivity contribution is 5.90. The van der Waals surface area contributed by atoms with E-state index in [1.165, 1.54) is 24.8 Å². The fourth-order valence-corrected chi connectivity index (χ4v) is 4.95. The van der Waals surface area contributed by atoms with Crippen LogP contribution in [0.2, 0.25) is 0 Å². The molecule has 1 heterocycles. The molecule has 1 aromatic heterocycles. The number of nitrogens with one attached hydrogen (secondary N) is 2. The number of ether oxygens (including phenoxy) is 2. The SMILES string of the molecule is CCCOc1ccc(CNCC[C@H]2CC[C@@H](Nc3nc(N(C)C)c4ccccc4n3)CC2)c(OC)c1. The Kier molecular flexibility index (Phi) is 9.23. The molecule has 2 N–H and O–H groups in total. The quantitative estimate of drug-likeness (QED) is 0.318. The molecule has 4 rings (SSSR count). The molecule has 1 fully saturated rings. The van der Waals surface area contributed by atoms with Gasteiger partial charge in [0.1, 0.15) is 17.3 Å². The first-order valence-electron chi connectivity index (χ1n) is 13.3. The van der Waals surface area contributed by atoms with Crippen molar-refractivity contribution < 1.29 is 9.47 Å². The van der Waals surface area contributed by atoms with E-state index in [4.69, 9.17) is 19.4 Å². The Morgan fingerprint density at radius 2 is 1.83 bits per heavy atom. The first-order valence-corrected chi connectivity index (χ1v) is 13.3. The van der Waals surface area contributed by atoms with E-state index in [1.807, 2.05) is 38.4 Å². The van der Waals surface area contributed by atoms with Gasteiger partial charge in [0.2, 0.25) is 5.95 Å². The van der Waals surface area contributed by atoms with Crippen molar-refractivity contribution in [1.82, 2.24) is 15.3 Å². The summed E-state index contributed by atoms with van der Waals surface area (Å²) in [6, 6.07) is 14.8. The number of nitrogens with zero attached hydrogens (tertiary/aromatic N) is 3. The first-order chi connectivity index (χ1) is 17.6. The second-order valence-corrected chi connectivity index (χ2v) is 9.93. The topological polar surface area (TPSA) is 71.5 Å². The van der Waals surface area contributed by atoms with Gasteiger partial charge in [0.15, 0.2) is 0 Å². The van der Waals surface area contributed by atoms with E-state index in [2.05, 4.69) is 40.7 Å². The van der Waals surface area contributed by atoms with E-state index in [-0.39, 0.29) is 0 Å². The molecule has 7 nitrogen and oxygen atoms in total. The summed E-state index contributed by atoms with van der Waals surface area (Å²) in [7, 11) is 5.79. The van der Waals surface area contributed by atoms with Gasteiger partial charge in [-0.25, -0.2) is 4.98 Å². The number of para-hydroxylation sites is 1. The van der Waals surface area contributed by atoms with Crippen LogP contribution in [0.4, 0.5) is 11.8 Å². The zero-order valence-corrected chi connectivity index (χ0v) is 22.2. The number of aromatic nitrogens is 2. The van der Waals surface area contributed by atoms with Gasteiger partial charge in [0.25, 0.3) is 0 Å². The molecule has 1 saturated carbocycles. The minimum atomic E-state index is 0.433. The summed E-state index contributed by atoms with van der Waals surface area (Å²) in [6.45, 7) is 4.66. The maximum atomic E-state index is 5.72. The van der Waals surface area contributed by atoms with Crippen molar-refractivity contribution in [3.05, 3.63) is 48.0 Å². The van der Waals surface area contributed by atoms with Crippen LogP contribution in [-0.4, -0.2) is 50.4 Å². The normalized spacial score (nSPS) is 17.7. The standard InChI is InChI=1S/C29H41N5O2/c1-5-18-36-24-15-12-22(27(19-24)35-4)20-30-17-16-21-10-13-23(14-11-21)31-29-32-26-9-7-6-8-25(26)28(33-29)34(2)3/h6-9,12,15,19,21,23,30H,5,10-11,13-14,16-18,20H2,1-4H3,(H,31,32,33)/t21-,23+. The Morgan fingerprint density at radius 3 is 2.58 bits per heavy atom. The number of hydrogen-bond acceptors (Lipinski definition) is 7. The van der Waals surface area contributed by atoms with Gasteiger partial charge in [0.05, 0.1) is 19.2 Å². The second-order valence-electron chi connectivity index (χ2n) is 9.93. The summed E-state index contributed by atoms with van der Waals surface area (Å²) in [5.74, 6) is 4.22. The van der Waals surface area contributed by atoms with Crippen LogP contribution in [0, 0.1) is 5.92 Å². The summed E-state index contributed by atoms with van der Waals surface area (Å²) in [5, 5.41) is 8.31. The van der Waals surface area contributed by atoms with Gasteiger partial charge in [0, 0.05) is 43.7 Å². The van der Waals surface area contributed by atoms with Crippen LogP contribution in [-0.2, 0) is 6.54 Å². The number of methoxy groups -OCH3 is 1. The Labute approximate surface area is 215 Å². The Bertz CT molecular complexity index is 1110. The van der Waals surface area contributed by atoms with Crippen molar-refractivity contribution in [2.24, 2.45) is 5.92 Å². The second kappa shape index (κ2) is 12.8. The zero-order valence-electron chi connectivity index (χ0n) is 22.2. The summed E-state index contributed by atoms with van der Waals surface area (Å²) in [5.41, 5.74) is 2.15.